The van der Waals surface area contributed by atoms with Crippen LogP contribution in [0.4, 0.5) is 0 Å². The van der Waals surface area contributed by atoms with Crippen molar-refractivity contribution >= 4 is 34.2 Å². The number of hydrogen-bond donors (Lipinski definition) is 2. The van der Waals surface area contributed by atoms with Crippen molar-refractivity contribution in [2.75, 3.05) is 13.1 Å². The number of fused-ring (bicyclic) bond motifs is 1. The Bertz CT molecular complexity index is 726. The van der Waals surface area contributed by atoms with E-state index in [1.165, 1.54) is 6.42 Å². The fourth-order valence-corrected chi connectivity index (χ4v) is 3.76. The second kappa shape index (κ2) is 10.4. The van der Waals surface area contributed by atoms with E-state index < -0.39 is 5.41 Å². The standard InChI is InChI=1S/C21H31N3O2S/c1-4-7-8-11-14-21(20(27)23-6-3,15-18(25)22-5-2)19-24-16-12-9-10-13-17(16)26-19/h9-10,12-13H,4-8,11,14-15H2,1-3H3,(H,22,25)(H,23,27). The Labute approximate surface area is 167 Å². The van der Waals surface area contributed by atoms with Crippen LogP contribution in [0.3, 0.4) is 0 Å². The summed E-state index contributed by atoms with van der Waals surface area (Å²) in [5.41, 5.74) is 0.790. The Morgan fingerprint density at radius 2 is 1.85 bits per heavy atom. The van der Waals surface area contributed by atoms with Crippen molar-refractivity contribution in [1.82, 2.24) is 15.6 Å². The molecule has 2 rings (SSSR count). The number of rotatable bonds is 11. The predicted molar refractivity (Wildman–Crippen MR) is 114 cm³/mol. The van der Waals surface area contributed by atoms with Crippen LogP contribution < -0.4 is 10.6 Å². The summed E-state index contributed by atoms with van der Waals surface area (Å²) in [6, 6.07) is 7.68. The quantitative estimate of drug-likeness (QED) is 0.437. The summed E-state index contributed by atoms with van der Waals surface area (Å²) in [5, 5.41) is 6.18. The first-order valence-electron chi connectivity index (χ1n) is 9.98. The number of nitrogens with one attached hydrogen (secondary N) is 2. The molecular weight excluding hydrogens is 358 g/mol. The smallest absolute Gasteiger partial charge is 0.221 e. The molecule has 2 aromatic rings. The van der Waals surface area contributed by atoms with E-state index in [1.54, 1.807) is 0 Å². The zero-order valence-corrected chi connectivity index (χ0v) is 17.5. The maximum Gasteiger partial charge on any atom is 0.221 e. The minimum atomic E-state index is -0.725. The lowest BCUT2D eigenvalue weighted by molar-refractivity contribution is -0.122. The SMILES string of the molecule is CCCCCCC(CC(=O)NCC)(C(=S)NCC)c1nc2ccccc2o1. The molecule has 1 heterocycles. The number of benzene rings is 1. The second-order valence-corrected chi connectivity index (χ2v) is 7.28. The molecule has 0 aliphatic rings. The summed E-state index contributed by atoms with van der Waals surface area (Å²) in [7, 11) is 0. The fraction of sp³-hybridized carbons (Fsp3) is 0.571. The van der Waals surface area contributed by atoms with Crippen molar-refractivity contribution in [1.29, 1.82) is 0 Å². The lowest BCUT2D eigenvalue weighted by Crippen LogP contribution is -2.46. The van der Waals surface area contributed by atoms with Gasteiger partial charge >= 0.3 is 0 Å². The van der Waals surface area contributed by atoms with Crippen LogP contribution in [0.2, 0.25) is 0 Å². The fourth-order valence-electron chi connectivity index (χ4n) is 3.36. The van der Waals surface area contributed by atoms with E-state index in [0.29, 0.717) is 24.0 Å². The highest BCUT2D eigenvalue weighted by molar-refractivity contribution is 7.80. The van der Waals surface area contributed by atoms with Gasteiger partial charge in [-0.2, -0.15) is 0 Å². The zero-order chi connectivity index (χ0) is 19.7. The molecule has 2 N–H and O–H groups in total. The van der Waals surface area contributed by atoms with E-state index >= 15 is 0 Å². The number of carbonyl (C=O) groups is 1. The Balaban J connectivity index is 2.46. The Morgan fingerprint density at radius 1 is 1.11 bits per heavy atom. The average molecular weight is 390 g/mol. The molecule has 0 spiro atoms. The molecule has 5 nitrogen and oxygen atoms in total. The molecule has 0 fully saturated rings. The molecule has 148 valence electrons. The first kappa shape index (κ1) is 21.4. The van der Waals surface area contributed by atoms with Gasteiger partial charge in [-0.3, -0.25) is 4.79 Å². The van der Waals surface area contributed by atoms with Crippen LogP contribution in [0.25, 0.3) is 11.1 Å². The molecule has 0 radical (unpaired) electrons. The molecule has 1 aromatic heterocycles. The van der Waals surface area contributed by atoms with Crippen LogP contribution in [0, 0.1) is 0 Å². The molecule has 1 atom stereocenters. The van der Waals surface area contributed by atoms with Gasteiger partial charge in [0.25, 0.3) is 0 Å². The lowest BCUT2D eigenvalue weighted by atomic mass is 9.78. The van der Waals surface area contributed by atoms with Gasteiger partial charge in [0, 0.05) is 19.5 Å². The third kappa shape index (κ3) is 5.28. The van der Waals surface area contributed by atoms with Crippen LogP contribution in [0.5, 0.6) is 0 Å². The Hall–Kier alpha value is -1.95. The number of aromatic nitrogens is 1. The monoisotopic (exact) mass is 389 g/mol. The number of hydrogen-bond acceptors (Lipinski definition) is 4. The molecule has 0 aliphatic carbocycles. The van der Waals surface area contributed by atoms with E-state index in [-0.39, 0.29) is 12.3 Å². The van der Waals surface area contributed by atoms with Crippen molar-refractivity contribution in [2.24, 2.45) is 0 Å². The number of amides is 1. The second-order valence-electron chi connectivity index (χ2n) is 6.87. The Morgan fingerprint density at radius 3 is 2.52 bits per heavy atom. The van der Waals surface area contributed by atoms with E-state index in [2.05, 4.69) is 17.6 Å². The summed E-state index contributed by atoms with van der Waals surface area (Å²) >= 11 is 5.76. The summed E-state index contributed by atoms with van der Waals surface area (Å²) in [6.07, 6.45) is 5.37. The van der Waals surface area contributed by atoms with E-state index in [0.717, 1.165) is 36.8 Å². The van der Waals surface area contributed by atoms with Crippen molar-refractivity contribution in [3.05, 3.63) is 30.2 Å². The third-order valence-corrected chi connectivity index (χ3v) is 5.30. The maximum atomic E-state index is 12.6. The van der Waals surface area contributed by atoms with Crippen LogP contribution in [0.15, 0.2) is 28.7 Å². The molecule has 6 heteroatoms. The van der Waals surface area contributed by atoms with Crippen LogP contribution in [-0.4, -0.2) is 29.0 Å². The van der Waals surface area contributed by atoms with Gasteiger partial charge < -0.3 is 15.1 Å². The molecule has 27 heavy (non-hydrogen) atoms. The topological polar surface area (TPSA) is 67.2 Å². The molecular formula is C21H31N3O2S. The predicted octanol–water partition coefficient (Wildman–Crippen LogP) is 4.50. The summed E-state index contributed by atoms with van der Waals surface area (Å²) in [5.74, 6) is 0.507. The number of likely N-dealkylation sites (N-methyl/N-ethyl adjacent to an activating group) is 1. The first-order chi connectivity index (χ1) is 13.1. The number of oxazole rings is 1. The van der Waals surface area contributed by atoms with Crippen molar-refractivity contribution < 1.29 is 9.21 Å². The minimum Gasteiger partial charge on any atom is -0.440 e. The summed E-state index contributed by atoms with van der Waals surface area (Å²) < 4.78 is 6.12. The maximum absolute atomic E-state index is 12.6. The molecule has 0 bridgehead atoms. The highest BCUT2D eigenvalue weighted by Crippen LogP contribution is 2.36. The molecule has 0 saturated carbocycles. The summed E-state index contributed by atoms with van der Waals surface area (Å²) in [4.78, 5) is 17.9. The van der Waals surface area contributed by atoms with E-state index in [4.69, 9.17) is 21.6 Å². The van der Waals surface area contributed by atoms with Gasteiger partial charge in [-0.05, 0) is 32.4 Å². The van der Waals surface area contributed by atoms with Crippen LogP contribution in [0.1, 0.15) is 65.2 Å². The molecule has 1 aromatic carbocycles. The van der Waals surface area contributed by atoms with Crippen LogP contribution >= 0.6 is 12.2 Å². The van der Waals surface area contributed by atoms with E-state index in [9.17, 15) is 4.79 Å². The van der Waals surface area contributed by atoms with E-state index in [1.807, 2.05) is 38.1 Å². The zero-order valence-electron chi connectivity index (χ0n) is 16.6. The molecule has 1 unspecified atom stereocenters. The van der Waals surface area contributed by atoms with Gasteiger partial charge in [-0.1, -0.05) is 57.0 Å². The van der Waals surface area contributed by atoms with Crippen molar-refractivity contribution in [3.8, 4) is 0 Å². The number of nitrogens with zero attached hydrogens (tertiary/aromatic N) is 1. The van der Waals surface area contributed by atoms with Gasteiger partial charge in [0.05, 0.1) is 4.99 Å². The van der Waals surface area contributed by atoms with Gasteiger partial charge in [0.2, 0.25) is 11.8 Å². The van der Waals surface area contributed by atoms with Gasteiger partial charge in [-0.15, -0.1) is 0 Å². The third-order valence-electron chi connectivity index (χ3n) is 4.77. The molecule has 0 saturated heterocycles. The highest BCUT2D eigenvalue weighted by atomic mass is 32.1. The lowest BCUT2D eigenvalue weighted by Gasteiger charge is -2.31. The van der Waals surface area contributed by atoms with Gasteiger partial charge in [0.1, 0.15) is 10.9 Å². The number of unbranched alkanes of at least 4 members (excludes halogenated alkanes) is 3. The minimum absolute atomic E-state index is 0.0319. The first-order valence-corrected chi connectivity index (χ1v) is 10.4. The van der Waals surface area contributed by atoms with Crippen molar-refractivity contribution in [2.45, 2.75) is 64.7 Å². The number of para-hydroxylation sites is 2. The Kier molecular flexibility index (Phi) is 8.23. The average Bonchev–Trinajstić information content (AvgIpc) is 3.09. The number of thiocarbonyl (C=S) groups is 1. The largest absolute Gasteiger partial charge is 0.440 e. The molecule has 1 amide bonds. The van der Waals surface area contributed by atoms with Gasteiger partial charge in [-0.25, -0.2) is 4.98 Å². The van der Waals surface area contributed by atoms with Crippen molar-refractivity contribution in [3.63, 3.8) is 0 Å². The van der Waals surface area contributed by atoms with Gasteiger partial charge in [0.15, 0.2) is 5.58 Å². The molecule has 0 aliphatic heterocycles. The normalized spacial score (nSPS) is 13.3. The highest BCUT2D eigenvalue weighted by Gasteiger charge is 2.43. The van der Waals surface area contributed by atoms with Crippen LogP contribution in [-0.2, 0) is 10.2 Å². The summed E-state index contributed by atoms with van der Waals surface area (Å²) in [6.45, 7) is 7.40. The number of carbonyl (C=O) groups excluding carboxylic acids is 1.